The average molecular weight is 1600 g/mol. The van der Waals surface area contributed by atoms with Crippen molar-refractivity contribution in [3.8, 4) is 169 Å². The van der Waals surface area contributed by atoms with Gasteiger partial charge in [-0.05, 0) is 97.6 Å². The topological polar surface area (TPSA) is 116 Å². The van der Waals surface area contributed by atoms with E-state index >= 15 is 0 Å². The maximum absolute atomic E-state index is 6.38. The summed E-state index contributed by atoms with van der Waals surface area (Å²) >= 11 is 0. The van der Waals surface area contributed by atoms with Crippen molar-refractivity contribution in [2.24, 2.45) is 0 Å². The van der Waals surface area contributed by atoms with Gasteiger partial charge in [-0.1, -0.05) is 413 Å². The van der Waals surface area contributed by atoms with E-state index in [4.69, 9.17) is 44.3 Å². The lowest BCUT2D eigenvalue weighted by molar-refractivity contribution is 0.670. The maximum atomic E-state index is 6.38. The Morgan fingerprint density at radius 1 is 0.144 bits per heavy atom. The van der Waals surface area contributed by atoms with E-state index in [-0.39, 0.29) is 0 Å². The molecule has 0 saturated carbocycles. The van der Waals surface area contributed by atoms with E-state index in [0.29, 0.717) is 34.9 Å². The van der Waals surface area contributed by atoms with Crippen LogP contribution >= 0.6 is 0 Å². The third-order valence-electron chi connectivity index (χ3n) is 23.4. The minimum atomic E-state index is 0.590. The summed E-state index contributed by atoms with van der Waals surface area (Å²) in [7, 11) is 0. The quantitative estimate of drug-likeness (QED) is 0.0925. The number of benzene rings is 18. The van der Waals surface area contributed by atoms with E-state index < -0.39 is 0 Å². The number of rotatable bonds is 15. The standard InChI is InChI=1S/C58H36N4O.C58H38N4/c1-4-16-37(17-5-1)44-25-13-29-49-52(44)50-30-14-26-45(54(50)59-53(49)39-18-6-2-7-19-39)42-22-12-23-43(36-42)58-61-56(40-20-8-3-9-21-40)60-57(62-58)41-34-32-38(33-35-41)46-27-15-28-48-47-24-10-11-31-51(47)63-55(46)48;1-6-19-39(20-7-1)46-36-47(40-21-8-2-9-22-40)38-48(37-46)58-61-56(43-27-14-5-15-28-43)60-57(62-58)45-30-16-29-44(35-45)50-32-18-34-52-53-49(41-23-10-3-11-24-41)31-17-33-51(53)54(59-55(50)52)42-25-12-4-13-26-42/h1-36H;1-38H. The minimum absolute atomic E-state index is 0.590. The highest BCUT2D eigenvalue weighted by Gasteiger charge is 2.24. The summed E-state index contributed by atoms with van der Waals surface area (Å²) in [6, 6.07) is 156. The van der Waals surface area contributed by atoms with E-state index in [1.807, 2.05) is 84.9 Å². The first-order valence-electron chi connectivity index (χ1n) is 42.0. The highest BCUT2D eigenvalue weighted by Crippen LogP contribution is 2.46. The van der Waals surface area contributed by atoms with Crippen LogP contribution in [0.1, 0.15) is 0 Å². The fourth-order valence-corrected chi connectivity index (χ4v) is 17.4. The molecule has 0 fully saturated rings. The van der Waals surface area contributed by atoms with Crippen LogP contribution in [0.3, 0.4) is 0 Å². The molecule has 125 heavy (non-hydrogen) atoms. The molecule has 0 unspecified atom stereocenters. The van der Waals surface area contributed by atoms with Gasteiger partial charge in [0.05, 0.1) is 22.4 Å². The van der Waals surface area contributed by atoms with Crippen molar-refractivity contribution in [2.75, 3.05) is 0 Å². The first-order chi connectivity index (χ1) is 62.0. The largest absolute Gasteiger partial charge is 0.455 e. The third-order valence-corrected chi connectivity index (χ3v) is 23.4. The Hall–Kier alpha value is -16.9. The normalized spacial score (nSPS) is 11.4. The SMILES string of the molecule is c1ccc(-c2cc(-c3ccccc3)cc(-c3nc(-c4ccccc4)nc(-c4cccc(-c5cccc6c5nc(-c5ccccc5)c5cccc(-c7ccccc7)c56)c4)n3)c2)cc1.c1ccc(-c2nc(-c3ccc(-c4cccc5c4oc4ccccc45)cc3)nc(-c3cccc(-c4cccc5c4nc(-c4ccccc4)c4cccc(-c6ccccc6)c45)c3)n2)cc1. The molecule has 18 aromatic carbocycles. The second-order valence-corrected chi connectivity index (χ2v) is 31.1. The van der Waals surface area contributed by atoms with Crippen LogP contribution in [0, 0.1) is 0 Å². The molecule has 0 radical (unpaired) electrons. The lowest BCUT2D eigenvalue weighted by Gasteiger charge is -2.16. The van der Waals surface area contributed by atoms with Crippen molar-refractivity contribution in [3.05, 3.63) is 449 Å². The molecule has 0 bridgehead atoms. The van der Waals surface area contributed by atoms with Crippen LogP contribution in [0.25, 0.3) is 234 Å². The molecular formula is C116H74N8O. The van der Waals surface area contributed by atoms with Gasteiger partial charge in [-0.25, -0.2) is 39.9 Å². The van der Waals surface area contributed by atoms with Crippen molar-refractivity contribution >= 4 is 65.3 Å². The van der Waals surface area contributed by atoms with Crippen molar-refractivity contribution < 1.29 is 4.42 Å². The molecule has 0 saturated heterocycles. The van der Waals surface area contributed by atoms with Crippen molar-refractivity contribution in [3.63, 3.8) is 0 Å². The summed E-state index contributed by atoms with van der Waals surface area (Å²) in [6.45, 7) is 0. The molecule has 5 aromatic heterocycles. The van der Waals surface area contributed by atoms with Crippen LogP contribution in [0.2, 0.25) is 0 Å². The van der Waals surface area contributed by atoms with E-state index in [1.165, 1.54) is 33.0 Å². The third kappa shape index (κ3) is 14.5. The predicted octanol–water partition coefficient (Wildman–Crippen LogP) is 30.1. The van der Waals surface area contributed by atoms with Crippen LogP contribution in [-0.4, -0.2) is 39.9 Å². The molecule has 23 aromatic rings. The van der Waals surface area contributed by atoms with Gasteiger partial charge in [0.25, 0.3) is 0 Å². The van der Waals surface area contributed by atoms with Crippen LogP contribution in [0.15, 0.2) is 453 Å². The Balaban J connectivity index is 0.000000148. The zero-order valence-corrected chi connectivity index (χ0v) is 67.7. The molecule has 0 aliphatic heterocycles. The number of hydrogen-bond donors (Lipinski definition) is 0. The number of hydrogen-bond acceptors (Lipinski definition) is 9. The number of pyridine rings is 2. The Bertz CT molecular complexity index is 7920. The van der Waals surface area contributed by atoms with Gasteiger partial charge in [0.15, 0.2) is 34.9 Å². The second kappa shape index (κ2) is 32.7. The van der Waals surface area contributed by atoms with Crippen LogP contribution in [-0.2, 0) is 0 Å². The summed E-state index contributed by atoms with van der Waals surface area (Å²) < 4.78 is 6.38. The Kier molecular flexibility index (Phi) is 19.5. The molecule has 0 amide bonds. The molecule has 9 heteroatoms. The van der Waals surface area contributed by atoms with Gasteiger partial charge in [-0.3, -0.25) is 0 Å². The maximum Gasteiger partial charge on any atom is 0.164 e. The average Bonchev–Trinajstić information content (AvgIpc) is 1.17. The van der Waals surface area contributed by atoms with E-state index in [2.05, 4.69) is 364 Å². The fourth-order valence-electron chi connectivity index (χ4n) is 17.4. The molecule has 0 aliphatic rings. The zero-order valence-electron chi connectivity index (χ0n) is 67.7. The molecule has 584 valence electrons. The molecule has 0 spiro atoms. The predicted molar refractivity (Wildman–Crippen MR) is 514 cm³/mol. The summed E-state index contributed by atoms with van der Waals surface area (Å²) in [4.78, 5) is 41.9. The lowest BCUT2D eigenvalue weighted by atomic mass is 9.91. The molecular weight excluding hydrogens is 1520 g/mol. The van der Waals surface area contributed by atoms with Crippen molar-refractivity contribution in [1.82, 2.24) is 39.9 Å². The number of furan rings is 1. The first kappa shape index (κ1) is 74.4. The molecule has 9 nitrogen and oxygen atoms in total. The lowest BCUT2D eigenvalue weighted by Crippen LogP contribution is -2.01. The zero-order chi connectivity index (χ0) is 82.9. The second-order valence-electron chi connectivity index (χ2n) is 31.1. The summed E-state index contributed by atoms with van der Waals surface area (Å²) in [5.41, 5.74) is 28.4. The number of nitrogens with zero attached hydrogens (tertiary/aromatic N) is 8. The summed E-state index contributed by atoms with van der Waals surface area (Å²) in [5.74, 6) is 3.60. The van der Waals surface area contributed by atoms with Gasteiger partial charge >= 0.3 is 0 Å². The fraction of sp³-hybridized carbons (Fsp3) is 0. The summed E-state index contributed by atoms with van der Waals surface area (Å²) in [5, 5.41) is 9.01. The van der Waals surface area contributed by atoms with Gasteiger partial charge in [0.1, 0.15) is 11.2 Å². The van der Waals surface area contributed by atoms with E-state index in [1.54, 1.807) is 0 Å². The highest BCUT2D eigenvalue weighted by molar-refractivity contribution is 6.21. The van der Waals surface area contributed by atoms with Crippen LogP contribution < -0.4 is 0 Å². The van der Waals surface area contributed by atoms with Gasteiger partial charge < -0.3 is 4.42 Å². The number of para-hydroxylation sites is 4. The van der Waals surface area contributed by atoms with Gasteiger partial charge in [0, 0.05) is 104 Å². The van der Waals surface area contributed by atoms with Crippen LogP contribution in [0.4, 0.5) is 0 Å². The van der Waals surface area contributed by atoms with Crippen molar-refractivity contribution in [2.45, 2.75) is 0 Å². The monoisotopic (exact) mass is 1590 g/mol. The Morgan fingerprint density at radius 3 is 0.832 bits per heavy atom. The smallest absolute Gasteiger partial charge is 0.164 e. The van der Waals surface area contributed by atoms with Gasteiger partial charge in [-0.15, -0.1) is 0 Å². The van der Waals surface area contributed by atoms with Crippen molar-refractivity contribution in [1.29, 1.82) is 0 Å². The highest BCUT2D eigenvalue weighted by atomic mass is 16.3. The number of aromatic nitrogens is 8. The van der Waals surface area contributed by atoms with E-state index in [0.717, 1.165) is 166 Å². The molecule has 23 rings (SSSR count). The van der Waals surface area contributed by atoms with Crippen LogP contribution in [0.5, 0.6) is 0 Å². The van der Waals surface area contributed by atoms with Gasteiger partial charge in [0.2, 0.25) is 0 Å². The Morgan fingerprint density at radius 2 is 0.408 bits per heavy atom. The van der Waals surface area contributed by atoms with E-state index in [9.17, 15) is 0 Å². The number of fused-ring (bicyclic) bond motifs is 9. The minimum Gasteiger partial charge on any atom is -0.455 e. The summed E-state index contributed by atoms with van der Waals surface area (Å²) in [6.07, 6.45) is 0. The first-order valence-corrected chi connectivity index (χ1v) is 42.0. The molecule has 0 aliphatic carbocycles. The Labute approximate surface area is 722 Å². The molecule has 5 heterocycles. The molecule has 0 atom stereocenters. The van der Waals surface area contributed by atoms with Gasteiger partial charge in [-0.2, -0.15) is 0 Å². The molecule has 0 N–H and O–H groups in total.